The van der Waals surface area contributed by atoms with E-state index in [1.54, 1.807) is 0 Å². The molecule has 1 aromatic rings. The van der Waals surface area contributed by atoms with E-state index in [0.29, 0.717) is 12.0 Å². The maximum Gasteiger partial charge on any atom is 0.228 e. The molecule has 1 aromatic heterocycles. The fraction of sp³-hybridized carbons (Fsp3) is 0.833. The zero-order chi connectivity index (χ0) is 12.0. The molecule has 0 aliphatic heterocycles. The quantitative estimate of drug-likeness (QED) is 0.774. The van der Waals surface area contributed by atoms with Gasteiger partial charge in [-0.05, 0) is 19.4 Å². The van der Waals surface area contributed by atoms with Crippen LogP contribution >= 0.6 is 0 Å². The summed E-state index contributed by atoms with van der Waals surface area (Å²) in [5.74, 6) is 1.89. The first-order valence-electron chi connectivity index (χ1n) is 6.23. The number of hydrogen-bond donors (Lipinski definition) is 1. The van der Waals surface area contributed by atoms with Crippen LogP contribution < -0.4 is 5.32 Å². The van der Waals surface area contributed by atoms with E-state index in [9.17, 15) is 0 Å². The van der Waals surface area contributed by atoms with E-state index in [4.69, 9.17) is 4.52 Å². The normalized spacial score (nSPS) is 13.3. The Morgan fingerprint density at radius 2 is 2.06 bits per heavy atom. The molecule has 1 unspecified atom stereocenters. The Labute approximate surface area is 97.8 Å². The Morgan fingerprint density at radius 1 is 1.31 bits per heavy atom. The zero-order valence-corrected chi connectivity index (χ0v) is 10.8. The average Bonchev–Trinajstić information content (AvgIpc) is 2.72. The zero-order valence-electron chi connectivity index (χ0n) is 10.8. The topological polar surface area (TPSA) is 51.0 Å². The van der Waals surface area contributed by atoms with E-state index in [1.165, 1.54) is 0 Å². The van der Waals surface area contributed by atoms with Crippen molar-refractivity contribution >= 4 is 0 Å². The lowest BCUT2D eigenvalue weighted by atomic mass is 10.1. The molecule has 4 heteroatoms. The van der Waals surface area contributed by atoms with Crippen molar-refractivity contribution in [1.29, 1.82) is 0 Å². The van der Waals surface area contributed by atoms with Crippen LogP contribution in [-0.2, 0) is 6.42 Å². The van der Waals surface area contributed by atoms with E-state index >= 15 is 0 Å². The summed E-state index contributed by atoms with van der Waals surface area (Å²) in [5, 5.41) is 7.45. The minimum absolute atomic E-state index is 0.334. The van der Waals surface area contributed by atoms with Gasteiger partial charge in [0.05, 0.1) is 0 Å². The molecule has 4 nitrogen and oxygen atoms in total. The van der Waals surface area contributed by atoms with Crippen LogP contribution in [0, 0.1) is 0 Å². The Balaban J connectivity index is 2.49. The molecule has 0 fully saturated rings. The average molecular weight is 225 g/mol. The number of hydrogen-bond acceptors (Lipinski definition) is 4. The molecule has 0 saturated carbocycles. The first-order valence-corrected chi connectivity index (χ1v) is 6.23. The van der Waals surface area contributed by atoms with Gasteiger partial charge >= 0.3 is 0 Å². The second-order valence-electron chi connectivity index (χ2n) is 4.46. The van der Waals surface area contributed by atoms with E-state index in [2.05, 4.69) is 43.2 Å². The Morgan fingerprint density at radius 3 is 2.56 bits per heavy atom. The predicted molar refractivity (Wildman–Crippen MR) is 64.5 cm³/mol. The highest BCUT2D eigenvalue weighted by Crippen LogP contribution is 2.11. The summed E-state index contributed by atoms with van der Waals surface area (Å²) in [4.78, 5) is 4.39. The van der Waals surface area contributed by atoms with E-state index in [0.717, 1.165) is 37.5 Å². The van der Waals surface area contributed by atoms with Gasteiger partial charge < -0.3 is 9.84 Å². The van der Waals surface area contributed by atoms with Crippen LogP contribution in [-0.4, -0.2) is 22.7 Å². The molecule has 0 spiro atoms. The molecule has 0 amide bonds. The minimum atomic E-state index is 0.334. The van der Waals surface area contributed by atoms with Crippen molar-refractivity contribution in [2.75, 3.05) is 6.54 Å². The standard InChI is InChI=1S/C12H23N3O/c1-5-7-13-10(6-2)8-11-14-12(9(3)4)15-16-11/h9-10,13H,5-8H2,1-4H3. The third-order valence-electron chi connectivity index (χ3n) is 2.60. The molecule has 0 saturated heterocycles. The van der Waals surface area contributed by atoms with Crippen molar-refractivity contribution in [2.24, 2.45) is 0 Å². The van der Waals surface area contributed by atoms with E-state index < -0.39 is 0 Å². The third kappa shape index (κ3) is 3.93. The highest BCUT2D eigenvalue weighted by atomic mass is 16.5. The van der Waals surface area contributed by atoms with Gasteiger partial charge in [0.1, 0.15) is 0 Å². The lowest BCUT2D eigenvalue weighted by molar-refractivity contribution is 0.349. The molecule has 1 N–H and O–H groups in total. The monoisotopic (exact) mass is 225 g/mol. The van der Waals surface area contributed by atoms with Gasteiger partial charge in [0, 0.05) is 18.4 Å². The second-order valence-corrected chi connectivity index (χ2v) is 4.46. The fourth-order valence-corrected chi connectivity index (χ4v) is 1.51. The minimum Gasteiger partial charge on any atom is -0.339 e. The number of rotatable bonds is 7. The largest absolute Gasteiger partial charge is 0.339 e. The van der Waals surface area contributed by atoms with E-state index in [1.807, 2.05) is 0 Å². The van der Waals surface area contributed by atoms with Crippen LogP contribution in [0.3, 0.4) is 0 Å². The molecule has 1 heterocycles. The van der Waals surface area contributed by atoms with Crippen LogP contribution in [0.15, 0.2) is 4.52 Å². The van der Waals surface area contributed by atoms with Crippen LogP contribution in [0.5, 0.6) is 0 Å². The van der Waals surface area contributed by atoms with Gasteiger partial charge in [-0.1, -0.05) is 32.9 Å². The first kappa shape index (κ1) is 13.2. The predicted octanol–water partition coefficient (Wildman–Crippen LogP) is 2.51. The summed E-state index contributed by atoms with van der Waals surface area (Å²) < 4.78 is 5.24. The molecular formula is C12H23N3O. The number of aromatic nitrogens is 2. The smallest absolute Gasteiger partial charge is 0.228 e. The molecule has 0 radical (unpaired) electrons. The van der Waals surface area contributed by atoms with Gasteiger partial charge in [-0.2, -0.15) is 4.98 Å². The highest BCUT2D eigenvalue weighted by Gasteiger charge is 2.13. The lowest BCUT2D eigenvalue weighted by Crippen LogP contribution is -2.31. The molecule has 1 atom stereocenters. The van der Waals surface area contributed by atoms with Crippen LogP contribution in [0.25, 0.3) is 0 Å². The van der Waals surface area contributed by atoms with Gasteiger partial charge in [0.2, 0.25) is 5.89 Å². The van der Waals surface area contributed by atoms with Crippen molar-refractivity contribution in [3.05, 3.63) is 11.7 Å². The van der Waals surface area contributed by atoms with Crippen molar-refractivity contribution in [1.82, 2.24) is 15.5 Å². The Hall–Kier alpha value is -0.900. The van der Waals surface area contributed by atoms with Gasteiger partial charge in [0.25, 0.3) is 0 Å². The maximum absolute atomic E-state index is 5.24. The number of nitrogens with zero attached hydrogens (tertiary/aromatic N) is 2. The molecule has 0 bridgehead atoms. The summed E-state index contributed by atoms with van der Waals surface area (Å²) in [5.41, 5.74) is 0. The summed E-state index contributed by atoms with van der Waals surface area (Å²) in [6.45, 7) is 9.53. The first-order chi connectivity index (χ1) is 7.67. The fourth-order valence-electron chi connectivity index (χ4n) is 1.51. The Bertz CT molecular complexity index is 296. The summed E-state index contributed by atoms with van der Waals surface area (Å²) >= 11 is 0. The van der Waals surface area contributed by atoms with Crippen molar-refractivity contribution in [3.63, 3.8) is 0 Å². The van der Waals surface area contributed by atoms with Crippen LogP contribution in [0.2, 0.25) is 0 Å². The van der Waals surface area contributed by atoms with E-state index in [-0.39, 0.29) is 0 Å². The third-order valence-corrected chi connectivity index (χ3v) is 2.60. The lowest BCUT2D eigenvalue weighted by Gasteiger charge is -2.13. The van der Waals surface area contributed by atoms with Crippen molar-refractivity contribution < 1.29 is 4.52 Å². The number of nitrogens with one attached hydrogen (secondary N) is 1. The van der Waals surface area contributed by atoms with Gasteiger partial charge in [-0.15, -0.1) is 0 Å². The molecule has 0 aliphatic carbocycles. The van der Waals surface area contributed by atoms with Crippen molar-refractivity contribution in [3.8, 4) is 0 Å². The molecule has 92 valence electrons. The highest BCUT2D eigenvalue weighted by molar-refractivity contribution is 4.93. The van der Waals surface area contributed by atoms with Gasteiger partial charge in [-0.25, -0.2) is 0 Å². The molecular weight excluding hydrogens is 202 g/mol. The van der Waals surface area contributed by atoms with Gasteiger partial charge in [-0.3, -0.25) is 0 Å². The molecule has 0 aliphatic rings. The summed E-state index contributed by atoms with van der Waals surface area (Å²) in [6, 6.07) is 0.445. The summed E-state index contributed by atoms with van der Waals surface area (Å²) in [6.07, 6.45) is 3.06. The Kier molecular flexibility index (Phi) is 5.46. The maximum atomic E-state index is 5.24. The molecule has 16 heavy (non-hydrogen) atoms. The van der Waals surface area contributed by atoms with Crippen LogP contribution in [0.4, 0.5) is 0 Å². The van der Waals surface area contributed by atoms with Gasteiger partial charge in [0.15, 0.2) is 5.82 Å². The molecule has 1 rings (SSSR count). The SMILES string of the molecule is CCCNC(CC)Cc1nc(C(C)C)no1. The second kappa shape index (κ2) is 6.63. The van der Waals surface area contributed by atoms with Crippen molar-refractivity contribution in [2.45, 2.75) is 58.9 Å². The molecule has 0 aromatic carbocycles. The summed E-state index contributed by atoms with van der Waals surface area (Å²) in [7, 11) is 0. The van der Waals surface area contributed by atoms with Crippen LogP contribution in [0.1, 0.15) is 58.2 Å².